The molecule has 0 aliphatic carbocycles. The highest BCUT2D eigenvalue weighted by atomic mass is 35.5. The van der Waals surface area contributed by atoms with Gasteiger partial charge in [-0.05, 0) is 24.3 Å². The first-order valence-corrected chi connectivity index (χ1v) is 9.69. The third-order valence-electron chi connectivity index (χ3n) is 5.02. The zero-order valence-electron chi connectivity index (χ0n) is 16.8. The number of hydrogen-bond donors (Lipinski definition) is 1. The highest BCUT2D eigenvalue weighted by molar-refractivity contribution is 6.30. The Morgan fingerprint density at radius 2 is 1.90 bits per heavy atom. The van der Waals surface area contributed by atoms with Crippen molar-refractivity contribution in [2.75, 3.05) is 38.1 Å². The van der Waals surface area contributed by atoms with E-state index in [4.69, 9.17) is 25.8 Å². The normalized spacial score (nSPS) is 16.1. The summed E-state index contributed by atoms with van der Waals surface area (Å²) in [4.78, 5) is 23.1. The van der Waals surface area contributed by atoms with Gasteiger partial charge in [-0.3, -0.25) is 4.79 Å². The van der Waals surface area contributed by atoms with E-state index in [1.54, 1.807) is 44.4 Å². The van der Waals surface area contributed by atoms with Crippen LogP contribution in [0.1, 0.15) is 6.42 Å². The summed E-state index contributed by atoms with van der Waals surface area (Å²) in [6.45, 7) is 0.495. The molecule has 2 heterocycles. The summed E-state index contributed by atoms with van der Waals surface area (Å²) < 4.78 is 16.4. The van der Waals surface area contributed by atoms with Crippen molar-refractivity contribution in [3.05, 3.63) is 41.7 Å². The van der Waals surface area contributed by atoms with E-state index in [1.165, 1.54) is 6.33 Å². The fourth-order valence-electron chi connectivity index (χ4n) is 3.67. The number of methoxy groups -OCH3 is 3. The Morgan fingerprint density at radius 3 is 2.60 bits per heavy atom. The van der Waals surface area contributed by atoms with Crippen LogP contribution in [0.4, 0.5) is 11.5 Å². The van der Waals surface area contributed by atoms with Gasteiger partial charge in [0.2, 0.25) is 11.7 Å². The molecule has 0 spiro atoms. The lowest BCUT2D eigenvalue weighted by atomic mass is 10.1. The van der Waals surface area contributed by atoms with Gasteiger partial charge in [0.1, 0.15) is 17.7 Å². The molecule has 4 rings (SSSR count). The van der Waals surface area contributed by atoms with E-state index in [-0.39, 0.29) is 11.9 Å². The van der Waals surface area contributed by atoms with Crippen molar-refractivity contribution >= 4 is 39.9 Å². The van der Waals surface area contributed by atoms with E-state index in [0.717, 1.165) is 5.69 Å². The Labute approximate surface area is 178 Å². The minimum absolute atomic E-state index is 0.0185. The molecular formula is C21H21ClN4O4. The number of hydrogen-bond acceptors (Lipinski definition) is 7. The number of carbonyl (C=O) groups is 1. The van der Waals surface area contributed by atoms with Crippen LogP contribution in [0.25, 0.3) is 10.9 Å². The Balaban J connectivity index is 1.67. The molecule has 30 heavy (non-hydrogen) atoms. The van der Waals surface area contributed by atoms with Crippen molar-refractivity contribution in [1.29, 1.82) is 0 Å². The highest BCUT2D eigenvalue weighted by Gasteiger charge is 2.31. The fourth-order valence-corrected chi connectivity index (χ4v) is 3.85. The SMILES string of the molecule is COc1cc2c(NC3CC(=O)N(c4cccc(Cl)c4)C3)ncnc2c(OC)c1OC. The first-order valence-electron chi connectivity index (χ1n) is 9.31. The average Bonchev–Trinajstić information content (AvgIpc) is 3.12. The number of ether oxygens (including phenoxy) is 3. The average molecular weight is 429 g/mol. The first-order chi connectivity index (χ1) is 14.5. The van der Waals surface area contributed by atoms with Gasteiger partial charge in [-0.15, -0.1) is 0 Å². The van der Waals surface area contributed by atoms with E-state index in [1.807, 2.05) is 12.1 Å². The van der Waals surface area contributed by atoms with Crippen LogP contribution in [0.5, 0.6) is 17.2 Å². The molecule has 1 fully saturated rings. The van der Waals surface area contributed by atoms with Crippen molar-refractivity contribution in [3.8, 4) is 17.2 Å². The molecule has 1 atom stereocenters. The van der Waals surface area contributed by atoms with E-state index in [2.05, 4.69) is 15.3 Å². The molecule has 1 aliphatic heterocycles. The molecule has 156 valence electrons. The van der Waals surface area contributed by atoms with Gasteiger partial charge in [-0.1, -0.05) is 17.7 Å². The standard InChI is InChI=1S/C21H21ClN4O4/c1-28-16-9-15-18(20(30-3)19(16)29-2)23-11-24-21(15)25-13-8-17(27)26(10-13)14-6-4-5-12(22)7-14/h4-7,9,11,13H,8,10H2,1-3H3,(H,23,24,25). The molecule has 1 unspecified atom stereocenters. The maximum atomic E-state index is 12.6. The molecule has 0 bridgehead atoms. The van der Waals surface area contributed by atoms with Crippen LogP contribution >= 0.6 is 11.6 Å². The molecule has 1 saturated heterocycles. The molecule has 3 aromatic rings. The lowest BCUT2D eigenvalue weighted by Gasteiger charge is -2.19. The molecule has 1 aromatic heterocycles. The Morgan fingerprint density at radius 1 is 1.10 bits per heavy atom. The summed E-state index contributed by atoms with van der Waals surface area (Å²) in [6, 6.07) is 8.93. The predicted molar refractivity (Wildman–Crippen MR) is 115 cm³/mol. The quantitative estimate of drug-likeness (QED) is 0.642. The minimum Gasteiger partial charge on any atom is -0.493 e. The van der Waals surface area contributed by atoms with Gasteiger partial charge >= 0.3 is 0 Å². The fraction of sp³-hybridized carbons (Fsp3) is 0.286. The number of aromatic nitrogens is 2. The van der Waals surface area contributed by atoms with Crippen molar-refractivity contribution in [2.24, 2.45) is 0 Å². The number of carbonyl (C=O) groups excluding carboxylic acids is 1. The van der Waals surface area contributed by atoms with Crippen molar-refractivity contribution in [3.63, 3.8) is 0 Å². The topological polar surface area (TPSA) is 85.8 Å². The molecule has 1 N–H and O–H groups in total. The summed E-state index contributed by atoms with van der Waals surface area (Å²) in [7, 11) is 4.64. The van der Waals surface area contributed by atoms with E-state index in [0.29, 0.717) is 52.0 Å². The first kappa shape index (κ1) is 20.0. The van der Waals surface area contributed by atoms with E-state index in [9.17, 15) is 4.79 Å². The second kappa shape index (κ2) is 8.23. The zero-order valence-corrected chi connectivity index (χ0v) is 17.6. The smallest absolute Gasteiger partial charge is 0.229 e. The van der Waals surface area contributed by atoms with Gasteiger partial charge in [0.25, 0.3) is 0 Å². The summed E-state index contributed by atoms with van der Waals surface area (Å²) in [5.41, 5.74) is 1.36. The number of fused-ring (bicyclic) bond motifs is 1. The minimum atomic E-state index is -0.131. The second-order valence-electron chi connectivity index (χ2n) is 6.79. The van der Waals surface area contributed by atoms with Gasteiger partial charge in [0.15, 0.2) is 11.5 Å². The van der Waals surface area contributed by atoms with Gasteiger partial charge in [0.05, 0.1) is 32.8 Å². The number of nitrogens with zero attached hydrogens (tertiary/aromatic N) is 3. The highest BCUT2D eigenvalue weighted by Crippen LogP contribution is 2.44. The largest absolute Gasteiger partial charge is 0.493 e. The number of anilines is 2. The number of nitrogens with one attached hydrogen (secondary N) is 1. The lowest BCUT2D eigenvalue weighted by Crippen LogP contribution is -2.27. The third kappa shape index (κ3) is 3.54. The van der Waals surface area contributed by atoms with Crippen LogP contribution in [0.15, 0.2) is 36.7 Å². The predicted octanol–water partition coefficient (Wildman–Crippen LogP) is 3.53. The monoisotopic (exact) mass is 428 g/mol. The summed E-state index contributed by atoms with van der Waals surface area (Å²) in [6.07, 6.45) is 1.78. The van der Waals surface area contributed by atoms with Gasteiger partial charge < -0.3 is 24.4 Å². The molecule has 0 saturated carbocycles. The van der Waals surface area contributed by atoms with Crippen molar-refractivity contribution in [2.45, 2.75) is 12.5 Å². The summed E-state index contributed by atoms with van der Waals surface area (Å²) >= 11 is 6.08. The number of rotatable bonds is 6. The summed E-state index contributed by atoms with van der Waals surface area (Å²) in [5, 5.41) is 4.67. The zero-order chi connectivity index (χ0) is 21.3. The molecule has 1 aliphatic rings. The molecular weight excluding hydrogens is 408 g/mol. The molecule has 9 heteroatoms. The van der Waals surface area contributed by atoms with Crippen LogP contribution < -0.4 is 24.4 Å². The van der Waals surface area contributed by atoms with E-state index < -0.39 is 0 Å². The molecule has 1 amide bonds. The van der Waals surface area contributed by atoms with Crippen molar-refractivity contribution in [1.82, 2.24) is 9.97 Å². The maximum absolute atomic E-state index is 12.6. The van der Waals surface area contributed by atoms with Crippen LogP contribution in [0, 0.1) is 0 Å². The van der Waals surface area contributed by atoms with Crippen LogP contribution in [-0.4, -0.2) is 49.8 Å². The van der Waals surface area contributed by atoms with Gasteiger partial charge in [0, 0.05) is 23.7 Å². The van der Waals surface area contributed by atoms with E-state index >= 15 is 0 Å². The third-order valence-corrected chi connectivity index (χ3v) is 5.25. The molecule has 8 nitrogen and oxygen atoms in total. The second-order valence-corrected chi connectivity index (χ2v) is 7.23. The number of halogens is 1. The van der Waals surface area contributed by atoms with Gasteiger partial charge in [-0.2, -0.15) is 0 Å². The summed E-state index contributed by atoms with van der Waals surface area (Å²) in [5.74, 6) is 2.03. The Bertz CT molecular complexity index is 1110. The van der Waals surface area contributed by atoms with Crippen LogP contribution in [0.3, 0.4) is 0 Å². The Kier molecular flexibility index (Phi) is 5.50. The lowest BCUT2D eigenvalue weighted by molar-refractivity contribution is -0.117. The number of amides is 1. The Hall–Kier alpha value is -3.26. The van der Waals surface area contributed by atoms with Crippen molar-refractivity contribution < 1.29 is 19.0 Å². The van der Waals surface area contributed by atoms with Gasteiger partial charge in [-0.25, -0.2) is 9.97 Å². The van der Waals surface area contributed by atoms with Crippen LogP contribution in [0.2, 0.25) is 5.02 Å². The molecule has 2 aromatic carbocycles. The van der Waals surface area contributed by atoms with Crippen LogP contribution in [-0.2, 0) is 4.79 Å². The molecule has 0 radical (unpaired) electrons. The maximum Gasteiger partial charge on any atom is 0.229 e. The number of benzene rings is 2.